The molecule has 0 bridgehead atoms. The second-order valence-corrected chi connectivity index (χ2v) is 1.70. The topological polar surface area (TPSA) is 42.8 Å². The molecule has 0 aromatic carbocycles. The second kappa shape index (κ2) is 1.97. The Labute approximate surface area is 51.9 Å². The molecule has 1 heterocycles. The van der Waals surface area contributed by atoms with Gasteiger partial charge in [-0.25, -0.2) is 0 Å². The molecule has 0 spiro atoms. The zero-order valence-corrected chi connectivity index (χ0v) is 5.00. The van der Waals surface area contributed by atoms with Gasteiger partial charge < -0.3 is 0 Å². The third-order valence-corrected chi connectivity index (χ3v) is 1.01. The Bertz CT molecular complexity index is 223. The maximum atomic E-state index is 12.2. The van der Waals surface area contributed by atoms with Gasteiger partial charge in [0.1, 0.15) is 7.05 Å². The minimum Gasteiger partial charge on any atom is -0.285 e. The Balaban J connectivity index is 3.17. The highest BCUT2D eigenvalue weighted by Crippen LogP contribution is 1.90. The van der Waals surface area contributed by atoms with Crippen molar-refractivity contribution in [2.24, 2.45) is 7.05 Å². The summed E-state index contributed by atoms with van der Waals surface area (Å²) in [5.74, 6) is -0.0805. The second-order valence-electron chi connectivity index (χ2n) is 1.70. The number of nitrogens with zero attached hydrogens (tertiary/aromatic N) is 2. The predicted molar refractivity (Wildman–Crippen MR) is 29.8 cm³/mol. The highest BCUT2D eigenvalue weighted by atomic mass is 19.1. The summed E-state index contributed by atoms with van der Waals surface area (Å²) in [7, 11) is 1.58. The van der Waals surface area contributed by atoms with E-state index in [1.807, 2.05) is 0 Å². The zero-order chi connectivity index (χ0) is 6.85. The summed E-state index contributed by atoms with van der Waals surface area (Å²) < 4.78 is 13.4. The van der Waals surface area contributed by atoms with Crippen molar-refractivity contribution in [1.82, 2.24) is 5.10 Å². The number of hydrogen-bond donors (Lipinski definition) is 1. The molecule has 1 aromatic heterocycles. The van der Waals surface area contributed by atoms with Gasteiger partial charge in [-0.1, -0.05) is 5.10 Å². The molecule has 0 fully saturated rings. The SMILES string of the molecule is C[n+]1nc(F)ccc1N. The minimum atomic E-state index is -0.522. The summed E-state index contributed by atoms with van der Waals surface area (Å²) >= 11 is 0. The number of nitrogen functional groups attached to an aromatic ring is 1. The number of anilines is 1. The lowest BCUT2D eigenvalue weighted by Crippen LogP contribution is -2.37. The van der Waals surface area contributed by atoms with Crippen molar-refractivity contribution in [3.05, 3.63) is 18.1 Å². The fraction of sp³-hybridized carbons (Fsp3) is 0.200. The van der Waals surface area contributed by atoms with E-state index in [0.29, 0.717) is 5.82 Å². The molecule has 0 radical (unpaired) electrons. The lowest BCUT2D eigenvalue weighted by Gasteiger charge is -1.90. The molecule has 0 saturated heterocycles. The molecule has 0 aliphatic carbocycles. The molecule has 0 atom stereocenters. The Morgan fingerprint density at radius 2 is 2.33 bits per heavy atom. The molecule has 1 aromatic rings. The first-order chi connectivity index (χ1) is 4.20. The molecule has 2 N–H and O–H groups in total. The van der Waals surface area contributed by atoms with Crippen molar-refractivity contribution in [3.8, 4) is 0 Å². The summed E-state index contributed by atoms with van der Waals surface area (Å²) in [5.41, 5.74) is 5.32. The molecule has 3 nitrogen and oxygen atoms in total. The number of halogens is 1. The fourth-order valence-corrected chi connectivity index (χ4v) is 0.496. The fourth-order valence-electron chi connectivity index (χ4n) is 0.496. The van der Waals surface area contributed by atoms with E-state index in [1.54, 1.807) is 7.05 Å². The van der Waals surface area contributed by atoms with Gasteiger partial charge in [-0.05, 0) is 0 Å². The van der Waals surface area contributed by atoms with Gasteiger partial charge in [0, 0.05) is 12.1 Å². The molecular formula is C5H7FN3+. The first-order valence-electron chi connectivity index (χ1n) is 2.48. The summed E-state index contributed by atoms with van der Waals surface area (Å²) in [5, 5.41) is 3.40. The Morgan fingerprint density at radius 1 is 1.67 bits per heavy atom. The Kier molecular flexibility index (Phi) is 1.30. The van der Waals surface area contributed by atoms with Crippen molar-refractivity contribution in [2.45, 2.75) is 0 Å². The molecule has 4 heteroatoms. The van der Waals surface area contributed by atoms with Crippen molar-refractivity contribution >= 4 is 5.82 Å². The summed E-state index contributed by atoms with van der Waals surface area (Å²) in [6, 6.07) is 2.68. The van der Waals surface area contributed by atoms with E-state index in [0.717, 1.165) is 0 Å². The van der Waals surface area contributed by atoms with Crippen LogP contribution in [0, 0.1) is 5.95 Å². The number of hydrogen-bond acceptors (Lipinski definition) is 2. The first kappa shape index (κ1) is 5.94. The molecule has 0 unspecified atom stereocenters. The zero-order valence-electron chi connectivity index (χ0n) is 5.00. The van der Waals surface area contributed by atoms with Gasteiger partial charge in [0.05, 0.1) is 0 Å². The van der Waals surface area contributed by atoms with Crippen molar-refractivity contribution in [1.29, 1.82) is 0 Å². The third kappa shape index (κ3) is 1.13. The van der Waals surface area contributed by atoms with Gasteiger partial charge in [0.25, 0.3) is 11.8 Å². The average molecular weight is 128 g/mol. The molecule has 0 aliphatic rings. The molecule has 1 rings (SSSR count). The van der Waals surface area contributed by atoms with E-state index in [1.165, 1.54) is 16.8 Å². The molecule has 0 saturated carbocycles. The molecule has 48 valence electrons. The van der Waals surface area contributed by atoms with Gasteiger partial charge >= 0.3 is 0 Å². The van der Waals surface area contributed by atoms with Crippen LogP contribution < -0.4 is 10.4 Å². The largest absolute Gasteiger partial charge is 0.292 e. The van der Waals surface area contributed by atoms with Gasteiger partial charge in [0.15, 0.2) is 0 Å². The standard InChI is InChI=1S/C5H6FN3/c1-9-5(7)3-2-4(6)8-9/h2-3,7H,1H3/p+1. The van der Waals surface area contributed by atoms with Gasteiger partial charge in [0.2, 0.25) is 0 Å². The number of aromatic nitrogens is 2. The normalized spacial score (nSPS) is 9.56. The van der Waals surface area contributed by atoms with E-state index in [2.05, 4.69) is 5.10 Å². The van der Waals surface area contributed by atoms with Crippen LogP contribution in [-0.4, -0.2) is 5.10 Å². The van der Waals surface area contributed by atoms with Gasteiger partial charge in [-0.3, -0.25) is 5.73 Å². The summed E-state index contributed by atoms with van der Waals surface area (Å²) in [6.07, 6.45) is 0. The molecule has 9 heavy (non-hydrogen) atoms. The van der Waals surface area contributed by atoms with Crippen LogP contribution in [0.2, 0.25) is 0 Å². The van der Waals surface area contributed by atoms with Crippen LogP contribution in [0.15, 0.2) is 12.1 Å². The predicted octanol–water partition coefficient (Wildman–Crippen LogP) is -0.373. The summed E-state index contributed by atoms with van der Waals surface area (Å²) in [4.78, 5) is 0. The third-order valence-electron chi connectivity index (χ3n) is 1.01. The Morgan fingerprint density at radius 3 is 2.78 bits per heavy atom. The lowest BCUT2D eigenvalue weighted by molar-refractivity contribution is -0.719. The van der Waals surface area contributed by atoms with Crippen LogP contribution in [0.3, 0.4) is 0 Å². The highest BCUT2D eigenvalue weighted by Gasteiger charge is 1.99. The van der Waals surface area contributed by atoms with Gasteiger partial charge in [-0.15, -0.1) is 4.68 Å². The van der Waals surface area contributed by atoms with Crippen LogP contribution in [0.1, 0.15) is 0 Å². The average Bonchev–Trinajstić information content (AvgIpc) is 1.80. The smallest absolute Gasteiger partial charge is 0.285 e. The van der Waals surface area contributed by atoms with Crippen LogP contribution >= 0.6 is 0 Å². The highest BCUT2D eigenvalue weighted by molar-refractivity contribution is 5.17. The first-order valence-corrected chi connectivity index (χ1v) is 2.48. The van der Waals surface area contributed by atoms with Crippen LogP contribution in [0.25, 0.3) is 0 Å². The minimum absolute atomic E-state index is 0.441. The molecule has 0 aliphatic heterocycles. The van der Waals surface area contributed by atoms with Crippen LogP contribution in [-0.2, 0) is 7.05 Å². The van der Waals surface area contributed by atoms with Gasteiger partial charge in [-0.2, -0.15) is 4.39 Å². The quantitative estimate of drug-likeness (QED) is 0.484. The van der Waals surface area contributed by atoms with E-state index < -0.39 is 5.95 Å². The number of nitrogens with two attached hydrogens (primary N) is 1. The lowest BCUT2D eigenvalue weighted by atomic mass is 10.5. The van der Waals surface area contributed by atoms with E-state index in [-0.39, 0.29) is 0 Å². The maximum Gasteiger partial charge on any atom is 0.292 e. The van der Waals surface area contributed by atoms with Crippen molar-refractivity contribution < 1.29 is 9.07 Å². The Hall–Kier alpha value is -1.19. The van der Waals surface area contributed by atoms with Crippen molar-refractivity contribution in [3.63, 3.8) is 0 Å². The van der Waals surface area contributed by atoms with E-state index in [9.17, 15) is 4.39 Å². The molecular weight excluding hydrogens is 121 g/mol. The van der Waals surface area contributed by atoms with Crippen LogP contribution in [0.5, 0.6) is 0 Å². The monoisotopic (exact) mass is 128 g/mol. The number of rotatable bonds is 0. The van der Waals surface area contributed by atoms with Crippen LogP contribution in [0.4, 0.5) is 10.2 Å². The summed E-state index contributed by atoms with van der Waals surface area (Å²) in [6.45, 7) is 0. The van der Waals surface area contributed by atoms with E-state index >= 15 is 0 Å². The van der Waals surface area contributed by atoms with Crippen molar-refractivity contribution in [2.75, 3.05) is 5.73 Å². The molecule has 0 amide bonds. The number of aryl methyl sites for hydroxylation is 1. The maximum absolute atomic E-state index is 12.2. The van der Waals surface area contributed by atoms with E-state index in [4.69, 9.17) is 5.73 Å².